The normalized spacial score (nSPS) is 18.6. The van der Waals surface area contributed by atoms with E-state index in [1.807, 2.05) is 0 Å². The van der Waals surface area contributed by atoms with Crippen molar-refractivity contribution in [1.82, 2.24) is 4.90 Å². The van der Waals surface area contributed by atoms with Crippen LogP contribution in [-0.2, 0) is 11.2 Å². The second kappa shape index (κ2) is 5.81. The van der Waals surface area contributed by atoms with Crippen molar-refractivity contribution in [3.63, 3.8) is 0 Å². The number of benzene rings is 1. The fraction of sp³-hybridized carbons (Fsp3) is 0.500. The minimum Gasteiger partial charge on any atom is -0.379 e. The van der Waals surface area contributed by atoms with Crippen LogP contribution in [0.2, 0.25) is 0 Å². The molecule has 1 fully saturated rings. The molecule has 1 aliphatic rings. The van der Waals surface area contributed by atoms with Crippen molar-refractivity contribution in [3.8, 4) is 6.07 Å². The van der Waals surface area contributed by atoms with Gasteiger partial charge in [-0.3, -0.25) is 4.90 Å². The molecule has 1 aliphatic heterocycles. The topological polar surface area (TPSA) is 36.3 Å². The second-order valence-electron chi connectivity index (χ2n) is 4.49. The fourth-order valence-corrected chi connectivity index (χ4v) is 2.21. The molecule has 3 nitrogen and oxygen atoms in total. The van der Waals surface area contributed by atoms with Crippen LogP contribution in [0.4, 0.5) is 0 Å². The molecule has 0 bridgehead atoms. The fourth-order valence-electron chi connectivity index (χ4n) is 2.21. The van der Waals surface area contributed by atoms with E-state index >= 15 is 0 Å². The van der Waals surface area contributed by atoms with E-state index in [1.165, 1.54) is 11.1 Å². The first kappa shape index (κ1) is 12.1. The summed E-state index contributed by atoms with van der Waals surface area (Å²) in [5, 5.41) is 9.28. The summed E-state index contributed by atoms with van der Waals surface area (Å²) in [7, 11) is 0. The van der Waals surface area contributed by atoms with Gasteiger partial charge in [0.1, 0.15) is 6.04 Å². The minimum absolute atomic E-state index is 0.0271. The van der Waals surface area contributed by atoms with E-state index in [4.69, 9.17) is 4.74 Å². The SMILES string of the molecule is Cc1cccc(CC(C#N)N2CCOCC2)c1. The Morgan fingerprint density at radius 1 is 1.41 bits per heavy atom. The van der Waals surface area contributed by atoms with Gasteiger partial charge in [0.15, 0.2) is 0 Å². The Bertz CT molecular complexity index is 405. The number of nitrogens with zero attached hydrogens (tertiary/aromatic N) is 2. The molecule has 1 heterocycles. The van der Waals surface area contributed by atoms with E-state index in [9.17, 15) is 5.26 Å². The van der Waals surface area contributed by atoms with E-state index in [-0.39, 0.29) is 6.04 Å². The van der Waals surface area contributed by atoms with E-state index in [0.29, 0.717) is 0 Å². The van der Waals surface area contributed by atoms with Crippen LogP contribution < -0.4 is 0 Å². The van der Waals surface area contributed by atoms with Crippen molar-refractivity contribution >= 4 is 0 Å². The van der Waals surface area contributed by atoms with Crippen LogP contribution in [0, 0.1) is 18.3 Å². The number of aryl methyl sites for hydroxylation is 1. The number of hydrogen-bond acceptors (Lipinski definition) is 3. The molecule has 1 aromatic carbocycles. The maximum atomic E-state index is 9.28. The van der Waals surface area contributed by atoms with Crippen molar-refractivity contribution in [2.75, 3.05) is 26.3 Å². The molecule has 0 saturated carbocycles. The van der Waals surface area contributed by atoms with E-state index in [2.05, 4.69) is 42.2 Å². The van der Waals surface area contributed by atoms with Gasteiger partial charge < -0.3 is 4.74 Å². The summed E-state index contributed by atoms with van der Waals surface area (Å²) in [5.41, 5.74) is 2.49. The molecule has 1 saturated heterocycles. The van der Waals surface area contributed by atoms with Gasteiger partial charge in [-0.1, -0.05) is 29.8 Å². The van der Waals surface area contributed by atoms with Crippen molar-refractivity contribution in [3.05, 3.63) is 35.4 Å². The number of hydrogen-bond donors (Lipinski definition) is 0. The van der Waals surface area contributed by atoms with E-state index < -0.39 is 0 Å². The Labute approximate surface area is 103 Å². The van der Waals surface area contributed by atoms with Crippen LogP contribution in [0.25, 0.3) is 0 Å². The van der Waals surface area contributed by atoms with Crippen molar-refractivity contribution in [1.29, 1.82) is 5.26 Å². The molecule has 90 valence electrons. The predicted octanol–water partition coefficient (Wildman–Crippen LogP) is 1.76. The summed E-state index contributed by atoms with van der Waals surface area (Å²) in [4.78, 5) is 2.21. The zero-order valence-corrected chi connectivity index (χ0v) is 10.2. The van der Waals surface area contributed by atoms with Gasteiger partial charge in [0.05, 0.1) is 19.3 Å². The molecule has 17 heavy (non-hydrogen) atoms. The zero-order valence-electron chi connectivity index (χ0n) is 10.2. The molecule has 3 heteroatoms. The molecular formula is C14H18N2O. The molecule has 0 aliphatic carbocycles. The van der Waals surface area contributed by atoms with Crippen LogP contribution >= 0.6 is 0 Å². The lowest BCUT2D eigenvalue weighted by molar-refractivity contribution is 0.0270. The third-order valence-electron chi connectivity index (χ3n) is 3.15. The largest absolute Gasteiger partial charge is 0.379 e. The maximum Gasteiger partial charge on any atom is 0.102 e. The van der Waals surface area contributed by atoms with Crippen LogP contribution in [-0.4, -0.2) is 37.2 Å². The summed E-state index contributed by atoms with van der Waals surface area (Å²) in [6.07, 6.45) is 0.804. The molecule has 0 aromatic heterocycles. The molecular weight excluding hydrogens is 212 g/mol. The molecule has 0 spiro atoms. The second-order valence-corrected chi connectivity index (χ2v) is 4.49. The molecule has 1 unspecified atom stereocenters. The highest BCUT2D eigenvalue weighted by Crippen LogP contribution is 2.12. The Hall–Kier alpha value is -1.37. The monoisotopic (exact) mass is 230 g/mol. The van der Waals surface area contributed by atoms with Crippen molar-refractivity contribution in [2.45, 2.75) is 19.4 Å². The Morgan fingerprint density at radius 2 is 2.18 bits per heavy atom. The first-order chi connectivity index (χ1) is 8.29. The van der Waals surface area contributed by atoms with Crippen LogP contribution in [0.15, 0.2) is 24.3 Å². The van der Waals surface area contributed by atoms with Crippen molar-refractivity contribution in [2.24, 2.45) is 0 Å². The highest BCUT2D eigenvalue weighted by Gasteiger charge is 2.20. The van der Waals surface area contributed by atoms with Crippen molar-refractivity contribution < 1.29 is 4.74 Å². The van der Waals surface area contributed by atoms with E-state index in [1.54, 1.807) is 0 Å². The van der Waals surface area contributed by atoms with E-state index in [0.717, 1.165) is 32.7 Å². The van der Waals surface area contributed by atoms with Gasteiger partial charge in [-0.25, -0.2) is 0 Å². The van der Waals surface area contributed by atoms with Crippen LogP contribution in [0.5, 0.6) is 0 Å². The smallest absolute Gasteiger partial charge is 0.102 e. The van der Waals surface area contributed by atoms with Gasteiger partial charge >= 0.3 is 0 Å². The Balaban J connectivity index is 2.02. The molecule has 1 atom stereocenters. The van der Waals surface area contributed by atoms with Gasteiger partial charge in [-0.2, -0.15) is 5.26 Å². The molecule has 0 N–H and O–H groups in total. The number of nitriles is 1. The predicted molar refractivity (Wildman–Crippen MR) is 66.7 cm³/mol. The van der Waals surface area contributed by atoms with Gasteiger partial charge in [-0.05, 0) is 12.5 Å². The number of rotatable bonds is 3. The lowest BCUT2D eigenvalue weighted by Crippen LogP contribution is -2.43. The summed E-state index contributed by atoms with van der Waals surface area (Å²) < 4.78 is 5.31. The van der Waals surface area contributed by atoms with Gasteiger partial charge in [0, 0.05) is 19.5 Å². The average Bonchev–Trinajstić information content (AvgIpc) is 2.37. The summed E-state index contributed by atoms with van der Waals surface area (Å²) in [5.74, 6) is 0. The quantitative estimate of drug-likeness (QED) is 0.794. The Morgan fingerprint density at radius 3 is 2.82 bits per heavy atom. The minimum atomic E-state index is -0.0271. The first-order valence-corrected chi connectivity index (χ1v) is 6.06. The summed E-state index contributed by atoms with van der Waals surface area (Å²) in [6, 6.07) is 10.8. The highest BCUT2D eigenvalue weighted by atomic mass is 16.5. The zero-order chi connectivity index (χ0) is 12.1. The van der Waals surface area contributed by atoms with Gasteiger partial charge in [0.2, 0.25) is 0 Å². The third kappa shape index (κ3) is 3.29. The third-order valence-corrected chi connectivity index (χ3v) is 3.15. The highest BCUT2D eigenvalue weighted by molar-refractivity contribution is 5.24. The Kier molecular flexibility index (Phi) is 4.13. The number of morpholine rings is 1. The van der Waals surface area contributed by atoms with Crippen LogP contribution in [0.1, 0.15) is 11.1 Å². The number of ether oxygens (including phenoxy) is 1. The van der Waals surface area contributed by atoms with Crippen LogP contribution in [0.3, 0.4) is 0 Å². The average molecular weight is 230 g/mol. The summed E-state index contributed by atoms with van der Waals surface area (Å²) in [6.45, 7) is 5.30. The lowest BCUT2D eigenvalue weighted by atomic mass is 10.0. The molecule has 1 aromatic rings. The molecule has 0 radical (unpaired) electrons. The van der Waals surface area contributed by atoms with Gasteiger partial charge in [0.25, 0.3) is 0 Å². The standard InChI is InChI=1S/C14H18N2O/c1-12-3-2-4-13(9-12)10-14(11-15)16-5-7-17-8-6-16/h2-4,9,14H,5-8,10H2,1H3. The molecule has 2 rings (SSSR count). The molecule has 0 amide bonds. The first-order valence-electron chi connectivity index (χ1n) is 6.06. The van der Waals surface area contributed by atoms with Gasteiger partial charge in [-0.15, -0.1) is 0 Å². The maximum absolute atomic E-state index is 9.28. The summed E-state index contributed by atoms with van der Waals surface area (Å²) >= 11 is 0. The lowest BCUT2D eigenvalue weighted by Gasteiger charge is -2.30.